The average molecular weight is 361 g/mol. The average Bonchev–Trinajstić information content (AvgIpc) is 3.03. The highest BCUT2D eigenvalue weighted by atomic mass is 32.1. The van der Waals surface area contributed by atoms with E-state index in [1.54, 1.807) is 17.5 Å². The Kier molecular flexibility index (Phi) is 4.55. The van der Waals surface area contributed by atoms with Crippen LogP contribution in [0.3, 0.4) is 0 Å². The van der Waals surface area contributed by atoms with Gasteiger partial charge in [-0.15, -0.1) is 11.3 Å². The molecule has 2 N–H and O–H groups in total. The van der Waals surface area contributed by atoms with Gasteiger partial charge in [-0.1, -0.05) is 0 Å². The van der Waals surface area contributed by atoms with Gasteiger partial charge in [-0.3, -0.25) is 0 Å². The van der Waals surface area contributed by atoms with Crippen molar-refractivity contribution in [3.63, 3.8) is 0 Å². The first kappa shape index (κ1) is 18.2. The highest BCUT2D eigenvalue weighted by Gasteiger charge is 2.52. The summed E-state index contributed by atoms with van der Waals surface area (Å²) < 4.78 is 18.1. The third-order valence-corrected chi connectivity index (χ3v) is 5.58. The van der Waals surface area contributed by atoms with E-state index in [0.29, 0.717) is 11.6 Å². The number of nitrogens with zero attached hydrogens (tertiary/aromatic N) is 2. The normalized spacial score (nSPS) is 19.8. The molecule has 0 bridgehead atoms. The minimum Gasteiger partial charge on any atom is -0.481 e. The number of aromatic nitrogens is 2. The largest absolute Gasteiger partial charge is 0.496 e. The molecule has 8 heteroatoms. The molecule has 0 radical (unpaired) electrons. The predicted octanol–water partition coefficient (Wildman–Crippen LogP) is 2.87. The van der Waals surface area contributed by atoms with Gasteiger partial charge in [0, 0.05) is 17.0 Å². The zero-order valence-corrected chi connectivity index (χ0v) is 16.3. The zero-order chi connectivity index (χ0) is 18.4. The fourth-order valence-corrected chi connectivity index (χ4v) is 3.18. The lowest BCUT2D eigenvalue weighted by atomic mass is 9.80. The van der Waals surface area contributed by atoms with E-state index in [0.717, 1.165) is 16.2 Å². The summed E-state index contributed by atoms with van der Waals surface area (Å²) in [6.07, 6.45) is 1.45. The number of ether oxygens (including phenoxy) is 1. The van der Waals surface area contributed by atoms with Crippen molar-refractivity contribution in [1.82, 2.24) is 9.97 Å². The van der Waals surface area contributed by atoms with E-state index in [1.165, 1.54) is 0 Å². The number of nitrogens with two attached hydrogens (primary N) is 1. The van der Waals surface area contributed by atoms with Crippen molar-refractivity contribution >= 4 is 29.7 Å². The Balaban J connectivity index is 1.82. The minimum atomic E-state index is -0.503. The number of nitrogen functional groups attached to an aromatic ring is 1. The second kappa shape index (κ2) is 6.27. The molecule has 134 valence electrons. The van der Waals surface area contributed by atoms with Crippen molar-refractivity contribution in [2.75, 3.05) is 5.73 Å². The first-order chi connectivity index (χ1) is 11.6. The van der Waals surface area contributed by atoms with E-state index in [2.05, 4.69) is 9.97 Å². The van der Waals surface area contributed by atoms with Crippen LogP contribution in [0, 0.1) is 6.92 Å². The summed E-state index contributed by atoms with van der Waals surface area (Å²) >= 11 is 1.59. The Hall–Kier alpha value is -1.64. The summed E-state index contributed by atoms with van der Waals surface area (Å²) in [6.45, 7) is 12.0. The maximum Gasteiger partial charge on any atom is 0.496 e. The Morgan fingerprint density at radius 3 is 2.44 bits per heavy atom. The molecule has 6 nitrogen and oxygen atoms in total. The van der Waals surface area contributed by atoms with Gasteiger partial charge in [-0.2, -0.15) is 0 Å². The quantitative estimate of drug-likeness (QED) is 0.844. The topological polar surface area (TPSA) is 79.5 Å². The molecule has 0 aromatic carbocycles. The number of rotatable bonds is 4. The predicted molar refractivity (Wildman–Crippen MR) is 100 cm³/mol. The summed E-state index contributed by atoms with van der Waals surface area (Å²) in [5.41, 5.74) is 6.83. The minimum absolute atomic E-state index is 0.220. The molecule has 1 aliphatic rings. The maximum atomic E-state index is 6.07. The summed E-state index contributed by atoms with van der Waals surface area (Å²) in [7, 11) is -0.503. The van der Waals surface area contributed by atoms with Gasteiger partial charge in [0.2, 0.25) is 0 Å². The smallest absolute Gasteiger partial charge is 0.481 e. The van der Waals surface area contributed by atoms with E-state index >= 15 is 0 Å². The molecule has 0 aliphatic carbocycles. The standard InChI is InChI=1S/C17H24BN3O3S/c1-10(13-9-25-11(2)21-13)22-14-7-12(8-20-15(14)19)18-23-16(3,4)17(5,6)24-18/h7-10H,1-6H3,(H2,19,20). The molecule has 1 fully saturated rings. The van der Waals surface area contributed by atoms with Crippen molar-refractivity contribution in [1.29, 1.82) is 0 Å². The lowest BCUT2D eigenvalue weighted by Crippen LogP contribution is -2.41. The number of hydrogen-bond donors (Lipinski definition) is 1. The number of pyridine rings is 1. The number of anilines is 1. The van der Waals surface area contributed by atoms with Gasteiger partial charge in [0.25, 0.3) is 0 Å². The molecule has 1 atom stereocenters. The number of hydrogen-bond acceptors (Lipinski definition) is 7. The van der Waals surface area contributed by atoms with Gasteiger partial charge in [0.05, 0.1) is 21.9 Å². The fourth-order valence-electron chi connectivity index (χ4n) is 2.49. The van der Waals surface area contributed by atoms with E-state index in [4.69, 9.17) is 19.8 Å². The first-order valence-electron chi connectivity index (χ1n) is 8.29. The van der Waals surface area contributed by atoms with Crippen molar-refractivity contribution in [2.24, 2.45) is 0 Å². The Morgan fingerprint density at radius 2 is 1.88 bits per heavy atom. The highest BCUT2D eigenvalue weighted by molar-refractivity contribution is 7.09. The molecular weight excluding hydrogens is 337 g/mol. The van der Waals surface area contributed by atoms with Crippen molar-refractivity contribution < 1.29 is 14.0 Å². The first-order valence-corrected chi connectivity index (χ1v) is 9.17. The van der Waals surface area contributed by atoms with Crippen molar-refractivity contribution in [3.05, 3.63) is 28.3 Å². The van der Waals surface area contributed by atoms with Crippen LogP contribution in [0.1, 0.15) is 51.4 Å². The van der Waals surface area contributed by atoms with E-state index in [9.17, 15) is 0 Å². The molecule has 2 aromatic rings. The molecule has 1 saturated heterocycles. The lowest BCUT2D eigenvalue weighted by molar-refractivity contribution is 0.00578. The third kappa shape index (κ3) is 3.52. The van der Waals surface area contributed by atoms with E-state index in [1.807, 2.05) is 53.0 Å². The lowest BCUT2D eigenvalue weighted by Gasteiger charge is -2.32. The van der Waals surface area contributed by atoms with Crippen LogP contribution in [0.5, 0.6) is 5.75 Å². The van der Waals surface area contributed by atoms with Crippen LogP contribution < -0.4 is 15.9 Å². The van der Waals surface area contributed by atoms with Crippen LogP contribution in [0.15, 0.2) is 17.6 Å². The third-order valence-electron chi connectivity index (χ3n) is 4.79. The molecule has 0 saturated carbocycles. The molecule has 1 unspecified atom stereocenters. The SMILES string of the molecule is Cc1nc(C(C)Oc2cc(B3OC(C)(C)C(C)(C)O3)cnc2N)cs1. The number of aryl methyl sites for hydroxylation is 1. The molecule has 3 heterocycles. The molecule has 25 heavy (non-hydrogen) atoms. The summed E-state index contributed by atoms with van der Waals surface area (Å²) in [6, 6.07) is 1.83. The summed E-state index contributed by atoms with van der Waals surface area (Å²) in [5, 5.41) is 2.99. The van der Waals surface area contributed by atoms with Gasteiger partial charge in [0.15, 0.2) is 11.6 Å². The summed E-state index contributed by atoms with van der Waals surface area (Å²) in [4.78, 5) is 8.70. The van der Waals surface area contributed by atoms with E-state index < -0.39 is 18.3 Å². The Bertz CT molecular complexity index is 762. The second-order valence-electron chi connectivity index (χ2n) is 7.29. The summed E-state index contributed by atoms with van der Waals surface area (Å²) in [5.74, 6) is 0.837. The molecule has 0 spiro atoms. The van der Waals surface area contributed by atoms with Crippen molar-refractivity contribution in [3.8, 4) is 5.75 Å². The van der Waals surface area contributed by atoms with Gasteiger partial charge in [-0.05, 0) is 47.6 Å². The zero-order valence-electron chi connectivity index (χ0n) is 15.5. The van der Waals surface area contributed by atoms with Gasteiger partial charge in [-0.25, -0.2) is 9.97 Å². The molecule has 2 aromatic heterocycles. The van der Waals surface area contributed by atoms with Crippen LogP contribution >= 0.6 is 11.3 Å². The second-order valence-corrected chi connectivity index (χ2v) is 8.35. The maximum absolute atomic E-state index is 6.07. The molecule has 0 amide bonds. The van der Waals surface area contributed by atoms with Gasteiger partial charge in [0.1, 0.15) is 6.10 Å². The van der Waals surface area contributed by atoms with Gasteiger partial charge < -0.3 is 19.8 Å². The monoisotopic (exact) mass is 361 g/mol. The van der Waals surface area contributed by atoms with Gasteiger partial charge >= 0.3 is 7.12 Å². The van der Waals surface area contributed by atoms with Crippen molar-refractivity contribution in [2.45, 2.75) is 58.8 Å². The van der Waals surface area contributed by atoms with Crippen LogP contribution in [-0.2, 0) is 9.31 Å². The van der Waals surface area contributed by atoms with Crippen LogP contribution in [0.25, 0.3) is 0 Å². The van der Waals surface area contributed by atoms with Crippen LogP contribution in [-0.4, -0.2) is 28.3 Å². The highest BCUT2D eigenvalue weighted by Crippen LogP contribution is 2.37. The number of thiazole rings is 1. The van der Waals surface area contributed by atoms with E-state index in [-0.39, 0.29) is 6.10 Å². The fraction of sp³-hybridized carbons (Fsp3) is 0.529. The van der Waals surface area contributed by atoms with Crippen LogP contribution in [0.4, 0.5) is 5.82 Å². The molecule has 3 rings (SSSR count). The molecular formula is C17H24BN3O3S. The Morgan fingerprint density at radius 1 is 1.24 bits per heavy atom. The Labute approximate surface area is 152 Å². The van der Waals surface area contributed by atoms with Crippen LogP contribution in [0.2, 0.25) is 0 Å². The molecule has 1 aliphatic heterocycles.